The number of sulfonamides is 1. The summed E-state index contributed by atoms with van der Waals surface area (Å²) in [6, 6.07) is 14.5. The van der Waals surface area contributed by atoms with Gasteiger partial charge in [-0.25, -0.2) is 13.4 Å². The lowest BCUT2D eigenvalue weighted by atomic mass is 10.3. The van der Waals surface area contributed by atoms with Crippen molar-refractivity contribution >= 4 is 69.7 Å². The van der Waals surface area contributed by atoms with E-state index in [1.165, 1.54) is 22.7 Å². The number of anilines is 1. The van der Waals surface area contributed by atoms with E-state index in [0.717, 1.165) is 14.8 Å². The first-order valence-electron chi connectivity index (χ1n) is 6.59. The number of thiazole rings is 1. The van der Waals surface area contributed by atoms with Gasteiger partial charge in [0, 0.05) is 9.72 Å². The molecule has 0 aliphatic carbocycles. The number of halogens is 1. The minimum Gasteiger partial charge on any atom is -0.254 e. The van der Waals surface area contributed by atoms with Crippen LogP contribution in [0.3, 0.4) is 0 Å². The molecular formula is C15H9ClN2O2S3. The highest BCUT2D eigenvalue weighted by Gasteiger charge is 2.19. The molecular weight excluding hydrogens is 372 g/mol. The Kier molecular flexibility index (Phi) is 3.53. The molecule has 2 aromatic carbocycles. The molecule has 0 aliphatic heterocycles. The van der Waals surface area contributed by atoms with Crippen LogP contribution in [0.2, 0.25) is 5.02 Å². The third-order valence-electron chi connectivity index (χ3n) is 3.24. The predicted molar refractivity (Wildman–Crippen MR) is 97.3 cm³/mol. The molecule has 0 saturated heterocycles. The van der Waals surface area contributed by atoms with Crippen LogP contribution in [-0.2, 0) is 10.0 Å². The number of fused-ring (bicyclic) bond motifs is 2. The molecule has 0 spiro atoms. The number of aromatic nitrogens is 1. The van der Waals surface area contributed by atoms with Gasteiger partial charge in [-0.2, -0.15) is 0 Å². The first-order valence-corrected chi connectivity index (χ1v) is 10.1. The number of hydrogen-bond acceptors (Lipinski definition) is 5. The van der Waals surface area contributed by atoms with E-state index in [1.54, 1.807) is 24.3 Å². The summed E-state index contributed by atoms with van der Waals surface area (Å²) in [7, 11) is -3.65. The van der Waals surface area contributed by atoms with Crippen molar-refractivity contribution in [2.45, 2.75) is 4.21 Å². The average Bonchev–Trinajstić information content (AvgIpc) is 3.09. The van der Waals surface area contributed by atoms with Crippen molar-refractivity contribution in [1.82, 2.24) is 4.98 Å². The van der Waals surface area contributed by atoms with Crippen molar-refractivity contribution in [3.05, 3.63) is 53.6 Å². The zero-order chi connectivity index (χ0) is 16.0. The average molecular weight is 381 g/mol. The molecule has 8 heteroatoms. The van der Waals surface area contributed by atoms with Crippen LogP contribution >= 0.6 is 34.3 Å². The zero-order valence-electron chi connectivity index (χ0n) is 11.5. The fourth-order valence-electron chi connectivity index (χ4n) is 2.20. The number of hydrogen-bond donors (Lipinski definition) is 1. The van der Waals surface area contributed by atoms with Gasteiger partial charge in [0.05, 0.1) is 10.2 Å². The zero-order valence-corrected chi connectivity index (χ0v) is 14.7. The number of thiophene rings is 1. The summed E-state index contributed by atoms with van der Waals surface area (Å²) in [6.07, 6.45) is 0. The second-order valence-electron chi connectivity index (χ2n) is 4.84. The highest BCUT2D eigenvalue weighted by atomic mass is 35.5. The van der Waals surface area contributed by atoms with Crippen LogP contribution in [-0.4, -0.2) is 13.4 Å². The van der Waals surface area contributed by atoms with Gasteiger partial charge >= 0.3 is 0 Å². The van der Waals surface area contributed by atoms with Crippen molar-refractivity contribution in [3.63, 3.8) is 0 Å². The molecule has 0 fully saturated rings. The van der Waals surface area contributed by atoms with Gasteiger partial charge in [0.15, 0.2) is 5.13 Å². The molecule has 0 bridgehead atoms. The second-order valence-corrected chi connectivity index (χ2v) is 9.30. The van der Waals surface area contributed by atoms with Gasteiger partial charge in [-0.05, 0) is 35.7 Å². The highest BCUT2D eigenvalue weighted by molar-refractivity contribution is 7.95. The molecule has 2 heterocycles. The molecule has 0 atom stereocenters. The largest absolute Gasteiger partial charge is 0.273 e. The number of rotatable bonds is 3. The summed E-state index contributed by atoms with van der Waals surface area (Å²) < 4.78 is 29.7. The number of nitrogens with zero attached hydrogens (tertiary/aromatic N) is 1. The molecule has 4 aromatic rings. The predicted octanol–water partition coefficient (Wildman–Crippen LogP) is 4.97. The van der Waals surface area contributed by atoms with Crippen molar-refractivity contribution in [3.8, 4) is 0 Å². The van der Waals surface area contributed by atoms with E-state index in [1.807, 2.05) is 24.3 Å². The fraction of sp³-hybridized carbons (Fsp3) is 0. The first-order chi connectivity index (χ1) is 11.0. The lowest BCUT2D eigenvalue weighted by Crippen LogP contribution is -2.10. The maximum absolute atomic E-state index is 12.6. The summed E-state index contributed by atoms with van der Waals surface area (Å²) in [5, 5.41) is 1.84. The van der Waals surface area contributed by atoms with Gasteiger partial charge in [0.25, 0.3) is 10.0 Å². The van der Waals surface area contributed by atoms with Crippen LogP contribution in [0.1, 0.15) is 0 Å². The Bertz CT molecular complexity index is 1100. The van der Waals surface area contributed by atoms with Gasteiger partial charge in [0.2, 0.25) is 0 Å². The van der Waals surface area contributed by atoms with Crippen molar-refractivity contribution < 1.29 is 8.42 Å². The Morgan fingerprint density at radius 2 is 1.83 bits per heavy atom. The minimum absolute atomic E-state index is 0.274. The van der Waals surface area contributed by atoms with Gasteiger partial charge in [-0.3, -0.25) is 4.72 Å². The Balaban J connectivity index is 1.72. The monoisotopic (exact) mass is 380 g/mol. The van der Waals surface area contributed by atoms with Gasteiger partial charge in [-0.1, -0.05) is 41.1 Å². The standard InChI is InChI=1S/C15H9ClN2O2S3/c16-10-5-6-11-13(8-10)22-15(17-11)18-23(19,20)14-7-9-3-1-2-4-12(9)21-14/h1-8H,(H,17,18). The maximum Gasteiger partial charge on any atom is 0.273 e. The summed E-state index contributed by atoms with van der Waals surface area (Å²) in [5.74, 6) is 0. The number of benzene rings is 2. The van der Waals surface area contributed by atoms with Gasteiger partial charge in [0.1, 0.15) is 4.21 Å². The lowest BCUT2D eigenvalue weighted by Gasteiger charge is -2.01. The van der Waals surface area contributed by atoms with Crippen molar-refractivity contribution in [2.75, 3.05) is 4.72 Å². The molecule has 2 aromatic heterocycles. The molecule has 1 N–H and O–H groups in total. The molecule has 0 unspecified atom stereocenters. The van der Waals surface area contributed by atoms with Gasteiger partial charge in [-0.15, -0.1) is 11.3 Å². The van der Waals surface area contributed by atoms with Crippen LogP contribution in [0.5, 0.6) is 0 Å². The maximum atomic E-state index is 12.6. The van der Waals surface area contributed by atoms with Crippen LogP contribution in [0, 0.1) is 0 Å². The lowest BCUT2D eigenvalue weighted by molar-refractivity contribution is 0.603. The molecule has 4 rings (SSSR count). The summed E-state index contributed by atoms with van der Waals surface area (Å²) in [4.78, 5) is 4.29. The molecule has 23 heavy (non-hydrogen) atoms. The molecule has 116 valence electrons. The van der Waals surface area contributed by atoms with Crippen LogP contribution in [0.25, 0.3) is 20.3 Å². The third-order valence-corrected chi connectivity index (χ3v) is 7.47. The minimum atomic E-state index is -3.65. The van der Waals surface area contributed by atoms with E-state index in [-0.39, 0.29) is 4.21 Å². The van der Waals surface area contributed by atoms with Crippen molar-refractivity contribution in [2.24, 2.45) is 0 Å². The molecule has 0 radical (unpaired) electrons. The second kappa shape index (κ2) is 5.45. The van der Waals surface area contributed by atoms with E-state index in [4.69, 9.17) is 11.6 Å². The van der Waals surface area contributed by atoms with Crippen LogP contribution in [0.4, 0.5) is 5.13 Å². The SMILES string of the molecule is O=S(=O)(Nc1nc2ccc(Cl)cc2s1)c1cc2ccccc2s1. The quantitative estimate of drug-likeness (QED) is 0.546. The molecule has 0 amide bonds. The topological polar surface area (TPSA) is 59.1 Å². The first kappa shape index (κ1) is 14.9. The third kappa shape index (κ3) is 2.81. The Labute approximate surface area is 145 Å². The molecule has 0 aliphatic rings. The van der Waals surface area contributed by atoms with Gasteiger partial charge < -0.3 is 0 Å². The van der Waals surface area contributed by atoms with E-state index < -0.39 is 10.0 Å². The fourth-order valence-corrected chi connectivity index (χ4v) is 5.97. The Hall–Kier alpha value is -1.67. The molecule has 0 saturated carbocycles. The Morgan fingerprint density at radius 1 is 1.00 bits per heavy atom. The highest BCUT2D eigenvalue weighted by Crippen LogP contribution is 2.33. The number of nitrogens with one attached hydrogen (secondary N) is 1. The summed E-state index contributed by atoms with van der Waals surface area (Å²) in [6.45, 7) is 0. The summed E-state index contributed by atoms with van der Waals surface area (Å²) >= 11 is 8.44. The van der Waals surface area contributed by atoms with E-state index in [2.05, 4.69) is 9.71 Å². The van der Waals surface area contributed by atoms with Crippen LogP contribution in [0.15, 0.2) is 52.7 Å². The molecule has 4 nitrogen and oxygen atoms in total. The van der Waals surface area contributed by atoms with E-state index in [0.29, 0.717) is 15.7 Å². The van der Waals surface area contributed by atoms with E-state index in [9.17, 15) is 8.42 Å². The van der Waals surface area contributed by atoms with Crippen molar-refractivity contribution in [1.29, 1.82) is 0 Å². The smallest absolute Gasteiger partial charge is 0.254 e. The normalized spacial score (nSPS) is 12.0. The van der Waals surface area contributed by atoms with E-state index >= 15 is 0 Å². The summed E-state index contributed by atoms with van der Waals surface area (Å²) in [5.41, 5.74) is 0.716. The Morgan fingerprint density at radius 3 is 2.65 bits per heavy atom. The van der Waals surface area contributed by atoms with Crippen LogP contribution < -0.4 is 4.72 Å².